The van der Waals surface area contributed by atoms with Crippen molar-refractivity contribution in [3.63, 3.8) is 0 Å². The second kappa shape index (κ2) is 5.45. The molecule has 0 saturated carbocycles. The molecule has 0 spiro atoms. The topological polar surface area (TPSA) is 142 Å². The monoisotopic (exact) mass is 340 g/mol. The normalized spacial score (nSPS) is 32.4. The van der Waals surface area contributed by atoms with Gasteiger partial charge < -0.3 is 0 Å². The quantitative estimate of drug-likeness (QED) is 0.432. The molecule has 1 aliphatic heterocycles. The van der Waals surface area contributed by atoms with E-state index in [1.807, 2.05) is 4.98 Å². The molecule has 1 aliphatic rings. The van der Waals surface area contributed by atoms with Crippen molar-refractivity contribution in [1.82, 2.24) is 9.55 Å². The summed E-state index contributed by atoms with van der Waals surface area (Å²) in [4.78, 5) is 24.4. The Labute approximate surface area is 110 Å². The van der Waals surface area contributed by atoms with Crippen molar-refractivity contribution in [2.75, 3.05) is 0 Å². The van der Waals surface area contributed by atoms with Gasteiger partial charge in [-0.3, -0.25) is 0 Å². The third kappa shape index (κ3) is 2.89. The van der Waals surface area contributed by atoms with E-state index in [4.69, 9.17) is 8.93 Å². The number of rotatable bonds is 3. The van der Waals surface area contributed by atoms with Crippen LogP contribution in [-0.4, -0.2) is 56.4 Å². The first-order chi connectivity index (χ1) is 8.90. The molecular formula is C9H12N2O7Se. The fourth-order valence-electron chi connectivity index (χ4n) is 1.86. The number of ether oxygens (including phenoxy) is 1. The Balaban J connectivity index is 2.28. The van der Waals surface area contributed by atoms with E-state index in [1.54, 1.807) is 0 Å². The number of aromatic nitrogens is 2. The van der Waals surface area contributed by atoms with E-state index in [0.29, 0.717) is 0 Å². The predicted molar refractivity (Wildman–Crippen MR) is 60.7 cm³/mol. The van der Waals surface area contributed by atoms with Crippen LogP contribution in [0.1, 0.15) is 6.23 Å². The zero-order chi connectivity index (χ0) is 14.2. The minimum absolute atomic E-state index is 0.299. The van der Waals surface area contributed by atoms with Crippen LogP contribution < -0.4 is 11.2 Å². The first-order valence-electron chi connectivity index (χ1n) is 5.30. The van der Waals surface area contributed by atoms with Gasteiger partial charge in [0.25, 0.3) is 0 Å². The number of hydrogen-bond donors (Lipinski definition) is 4. The number of nitrogens with one attached hydrogen (secondary N) is 1. The molecule has 1 unspecified atom stereocenters. The average molecular weight is 339 g/mol. The van der Waals surface area contributed by atoms with Crippen LogP contribution in [0.4, 0.5) is 0 Å². The van der Waals surface area contributed by atoms with Crippen LogP contribution in [0.2, 0.25) is 5.32 Å². The van der Waals surface area contributed by atoms with Gasteiger partial charge in [-0.2, -0.15) is 0 Å². The van der Waals surface area contributed by atoms with E-state index in [2.05, 4.69) is 0 Å². The molecule has 1 fully saturated rings. The fraction of sp³-hybridized carbons (Fsp3) is 0.556. The molecule has 4 N–H and O–H groups in total. The van der Waals surface area contributed by atoms with Crippen LogP contribution in [0, 0.1) is 0 Å². The van der Waals surface area contributed by atoms with E-state index in [9.17, 15) is 23.6 Å². The van der Waals surface area contributed by atoms with Gasteiger partial charge >= 0.3 is 110 Å². The van der Waals surface area contributed by atoms with Crippen molar-refractivity contribution in [2.24, 2.45) is 0 Å². The molecule has 1 saturated heterocycles. The van der Waals surface area contributed by atoms with Crippen LogP contribution in [0.5, 0.6) is 0 Å². The van der Waals surface area contributed by atoms with Gasteiger partial charge in [0.2, 0.25) is 0 Å². The third-order valence-corrected chi connectivity index (χ3v) is 4.06. The molecule has 106 valence electrons. The number of aliphatic hydroxyl groups is 2. The summed E-state index contributed by atoms with van der Waals surface area (Å²) < 4.78 is 25.8. The first kappa shape index (κ1) is 14.3. The number of H-pyrrole nitrogens is 1. The van der Waals surface area contributed by atoms with Gasteiger partial charge in [-0.1, -0.05) is 0 Å². The van der Waals surface area contributed by atoms with Crippen molar-refractivity contribution in [2.45, 2.75) is 29.9 Å². The standard InChI is InChI=1S/C9H12N2O7Se/c12-5-1-2-11(9(15)10-5)8-7(14)6(13)4(18-8)3-19(16)17/h1-2,4,6-8,13-14H,3H2,(H,16,17)(H,10,12,15)/t4-,6-,7-,8-/m1/s1. The van der Waals surface area contributed by atoms with Crippen LogP contribution in [0.15, 0.2) is 21.9 Å². The number of nitrogens with zero attached hydrogens (tertiary/aromatic N) is 1. The van der Waals surface area contributed by atoms with Gasteiger partial charge in [0.15, 0.2) is 0 Å². The number of aliphatic hydroxyl groups excluding tert-OH is 2. The molecule has 1 aromatic rings. The van der Waals surface area contributed by atoms with Gasteiger partial charge in [-0.05, 0) is 0 Å². The molecule has 10 heteroatoms. The molecular weight excluding hydrogens is 327 g/mol. The fourth-order valence-corrected chi connectivity index (χ4v) is 3.03. The summed E-state index contributed by atoms with van der Waals surface area (Å²) in [5, 5.41) is 19.2. The Morgan fingerprint density at radius 3 is 2.63 bits per heavy atom. The Morgan fingerprint density at radius 2 is 2.05 bits per heavy atom. The summed E-state index contributed by atoms with van der Waals surface area (Å²) in [6.07, 6.45) is -3.94. The van der Waals surface area contributed by atoms with E-state index in [1.165, 1.54) is 0 Å². The Morgan fingerprint density at radius 1 is 1.37 bits per heavy atom. The second-order valence-corrected chi connectivity index (χ2v) is 6.10. The molecule has 2 rings (SSSR count). The SMILES string of the molecule is O=c1ccn([C@@H]2O[C@H](C[Se](=O)O)[C@@H](O)[C@H]2O)c(=O)[nH]1. The zero-order valence-electron chi connectivity index (χ0n) is 9.50. The van der Waals surface area contributed by atoms with Gasteiger partial charge in [0.05, 0.1) is 0 Å². The molecule has 1 aromatic heterocycles. The van der Waals surface area contributed by atoms with E-state index < -0.39 is 50.0 Å². The Kier molecular flexibility index (Phi) is 4.09. The molecule has 2 heterocycles. The van der Waals surface area contributed by atoms with Crippen molar-refractivity contribution < 1.29 is 23.0 Å². The molecule has 0 radical (unpaired) electrons. The predicted octanol–water partition coefficient (Wildman–Crippen LogP) is -2.93. The van der Waals surface area contributed by atoms with Gasteiger partial charge in [-0.25, -0.2) is 0 Å². The summed E-state index contributed by atoms with van der Waals surface area (Å²) in [5.41, 5.74) is -1.41. The summed E-state index contributed by atoms with van der Waals surface area (Å²) in [6, 6.07) is 1.06. The van der Waals surface area contributed by atoms with Crippen molar-refractivity contribution >= 4 is 14.2 Å². The van der Waals surface area contributed by atoms with E-state index in [-0.39, 0.29) is 5.32 Å². The Bertz CT molecular complexity index is 597. The van der Waals surface area contributed by atoms with Gasteiger partial charge in [0.1, 0.15) is 0 Å². The van der Waals surface area contributed by atoms with Gasteiger partial charge in [-0.15, -0.1) is 0 Å². The van der Waals surface area contributed by atoms with Crippen molar-refractivity contribution in [3.8, 4) is 0 Å². The maximum absolute atomic E-state index is 11.5. The maximum atomic E-state index is 11.5. The zero-order valence-corrected chi connectivity index (χ0v) is 11.2. The molecule has 0 aliphatic carbocycles. The third-order valence-electron chi connectivity index (χ3n) is 2.77. The summed E-state index contributed by atoms with van der Waals surface area (Å²) in [6.45, 7) is 0. The molecule has 19 heavy (non-hydrogen) atoms. The molecule has 5 atom stereocenters. The van der Waals surface area contributed by atoms with E-state index in [0.717, 1.165) is 16.8 Å². The van der Waals surface area contributed by atoms with Gasteiger partial charge in [0, 0.05) is 0 Å². The summed E-state index contributed by atoms with van der Waals surface area (Å²) >= 11 is -3.10. The van der Waals surface area contributed by atoms with E-state index >= 15 is 0 Å². The number of hydrogen-bond acceptors (Lipinski definition) is 6. The second-order valence-electron chi connectivity index (χ2n) is 4.05. The molecule has 0 aromatic carbocycles. The summed E-state index contributed by atoms with van der Waals surface area (Å²) in [7, 11) is 0. The minimum atomic E-state index is -3.10. The number of aromatic amines is 1. The van der Waals surface area contributed by atoms with Crippen molar-refractivity contribution in [3.05, 3.63) is 33.1 Å². The summed E-state index contributed by atoms with van der Waals surface area (Å²) in [5.74, 6) is 0. The van der Waals surface area contributed by atoms with Crippen LogP contribution in [-0.2, 0) is 8.57 Å². The van der Waals surface area contributed by atoms with Crippen LogP contribution >= 0.6 is 0 Å². The van der Waals surface area contributed by atoms with Crippen LogP contribution in [0.3, 0.4) is 0 Å². The molecule has 0 amide bonds. The Hall–Kier alpha value is -1.16. The molecule has 9 nitrogen and oxygen atoms in total. The average Bonchev–Trinajstić information content (AvgIpc) is 2.57. The van der Waals surface area contributed by atoms with Crippen molar-refractivity contribution in [1.29, 1.82) is 0 Å². The first-order valence-corrected chi connectivity index (χ1v) is 7.98. The van der Waals surface area contributed by atoms with Crippen LogP contribution in [0.25, 0.3) is 0 Å². The molecule has 0 bridgehead atoms.